The number of rotatable bonds is 8. The number of carbonyl (C=O) groups is 1. The molecule has 0 fully saturated rings. The summed E-state index contributed by atoms with van der Waals surface area (Å²) < 4.78 is 11.2. The minimum absolute atomic E-state index is 0.0765. The van der Waals surface area contributed by atoms with Crippen molar-refractivity contribution in [2.24, 2.45) is 0 Å². The average Bonchev–Trinajstić information content (AvgIpc) is 3.32. The second-order valence-corrected chi connectivity index (χ2v) is 8.51. The summed E-state index contributed by atoms with van der Waals surface area (Å²) in [7, 11) is 1.65. The van der Waals surface area contributed by atoms with Gasteiger partial charge < -0.3 is 9.47 Å². The van der Waals surface area contributed by atoms with Crippen LogP contribution in [0.1, 0.15) is 38.7 Å². The Kier molecular flexibility index (Phi) is 6.41. The average molecular weight is 450 g/mol. The van der Waals surface area contributed by atoms with Gasteiger partial charge in [0.15, 0.2) is 5.78 Å². The molecule has 170 valence electrons. The molecular weight excluding hydrogens is 422 g/mol. The van der Waals surface area contributed by atoms with Crippen LogP contribution in [0.25, 0.3) is 0 Å². The Morgan fingerprint density at radius 3 is 1.97 bits per heavy atom. The number of carbonyl (C=O) groups excluding carboxylic acids is 1. The van der Waals surface area contributed by atoms with Crippen molar-refractivity contribution in [1.29, 1.82) is 0 Å². The van der Waals surface area contributed by atoms with Crippen molar-refractivity contribution in [3.8, 4) is 11.5 Å². The third-order valence-corrected chi connectivity index (χ3v) is 6.30. The minimum atomic E-state index is -0.380. The summed E-state index contributed by atoms with van der Waals surface area (Å²) in [4.78, 5) is 16.1. The van der Waals surface area contributed by atoms with Crippen molar-refractivity contribution >= 4 is 5.78 Å². The highest BCUT2D eigenvalue weighted by atomic mass is 16.5. The number of fused-ring (bicyclic) bond motifs is 1. The van der Waals surface area contributed by atoms with E-state index in [0.29, 0.717) is 12.2 Å². The van der Waals surface area contributed by atoms with Gasteiger partial charge in [-0.15, -0.1) is 0 Å². The molecule has 0 radical (unpaired) electrons. The molecule has 1 aliphatic heterocycles. The lowest BCUT2D eigenvalue weighted by atomic mass is 9.96. The number of methoxy groups -OCH3 is 1. The minimum Gasteiger partial charge on any atom is -0.497 e. The van der Waals surface area contributed by atoms with Gasteiger partial charge >= 0.3 is 0 Å². The third kappa shape index (κ3) is 4.73. The lowest BCUT2D eigenvalue weighted by molar-refractivity contribution is 0.0812. The number of ketones is 1. The smallest absolute Gasteiger partial charge is 0.184 e. The molecule has 1 heterocycles. The SMILES string of the molecule is COc1ccc(C(C(=O)c2ccc(OCc3ccccc3)cc2)N2Cc3ccccc3C2)cc1. The van der Waals surface area contributed by atoms with E-state index >= 15 is 0 Å². The first kappa shape index (κ1) is 21.9. The summed E-state index contributed by atoms with van der Waals surface area (Å²) in [5.41, 5.74) is 5.29. The van der Waals surface area contributed by atoms with Crippen LogP contribution in [0.2, 0.25) is 0 Å². The van der Waals surface area contributed by atoms with E-state index < -0.39 is 0 Å². The fourth-order valence-electron chi connectivity index (χ4n) is 4.47. The second-order valence-electron chi connectivity index (χ2n) is 8.51. The van der Waals surface area contributed by atoms with E-state index in [1.165, 1.54) is 11.1 Å². The molecule has 0 aromatic heterocycles. The summed E-state index contributed by atoms with van der Waals surface area (Å²) in [5.74, 6) is 1.60. The normalized spacial score (nSPS) is 13.8. The first-order chi connectivity index (χ1) is 16.7. The molecule has 0 saturated heterocycles. The topological polar surface area (TPSA) is 38.8 Å². The van der Waals surface area contributed by atoms with E-state index in [1.54, 1.807) is 7.11 Å². The van der Waals surface area contributed by atoms with Gasteiger partial charge in [-0.25, -0.2) is 0 Å². The molecule has 1 atom stereocenters. The second kappa shape index (κ2) is 9.94. The maximum absolute atomic E-state index is 13.8. The van der Waals surface area contributed by atoms with E-state index in [9.17, 15) is 4.79 Å². The van der Waals surface area contributed by atoms with Crippen molar-refractivity contribution in [2.75, 3.05) is 7.11 Å². The molecule has 34 heavy (non-hydrogen) atoms. The van der Waals surface area contributed by atoms with E-state index in [2.05, 4.69) is 29.2 Å². The summed E-state index contributed by atoms with van der Waals surface area (Å²) in [6.45, 7) is 1.99. The van der Waals surface area contributed by atoms with Crippen LogP contribution in [0.4, 0.5) is 0 Å². The quantitative estimate of drug-likeness (QED) is 0.300. The predicted molar refractivity (Wildman–Crippen MR) is 133 cm³/mol. The van der Waals surface area contributed by atoms with Gasteiger partial charge in [-0.3, -0.25) is 9.69 Å². The maximum Gasteiger partial charge on any atom is 0.184 e. The Morgan fingerprint density at radius 1 is 0.765 bits per heavy atom. The zero-order valence-electron chi connectivity index (χ0n) is 19.2. The summed E-state index contributed by atoms with van der Waals surface area (Å²) >= 11 is 0. The predicted octanol–water partition coefficient (Wildman–Crippen LogP) is 6.21. The van der Waals surface area contributed by atoms with Crippen molar-refractivity contribution < 1.29 is 14.3 Å². The van der Waals surface area contributed by atoms with E-state index in [4.69, 9.17) is 9.47 Å². The van der Waals surface area contributed by atoms with Gasteiger partial charge in [0, 0.05) is 18.7 Å². The third-order valence-electron chi connectivity index (χ3n) is 6.30. The standard InChI is InChI=1S/C30H27NO3/c1-33-27-15-11-23(12-16-27)29(31-19-25-9-5-6-10-26(25)20-31)30(32)24-13-17-28(18-14-24)34-21-22-7-3-2-4-8-22/h2-18,29H,19-21H2,1H3. The Balaban J connectivity index is 1.37. The Hall–Kier alpha value is -3.89. The molecule has 1 unspecified atom stereocenters. The van der Waals surface area contributed by atoms with Crippen LogP contribution >= 0.6 is 0 Å². The van der Waals surface area contributed by atoms with E-state index in [0.717, 1.165) is 35.7 Å². The van der Waals surface area contributed by atoms with Crippen LogP contribution in [0.3, 0.4) is 0 Å². The molecule has 5 rings (SSSR count). The Labute approximate surface area is 200 Å². The zero-order chi connectivity index (χ0) is 23.3. The molecule has 4 heteroatoms. The van der Waals surface area contributed by atoms with Crippen molar-refractivity contribution in [1.82, 2.24) is 4.90 Å². The molecule has 4 aromatic rings. The van der Waals surface area contributed by atoms with Crippen LogP contribution in [-0.2, 0) is 19.7 Å². The van der Waals surface area contributed by atoms with E-state index in [-0.39, 0.29) is 11.8 Å². The highest BCUT2D eigenvalue weighted by Gasteiger charge is 2.32. The molecule has 1 aliphatic rings. The summed E-state index contributed by atoms with van der Waals surface area (Å²) in [6, 6.07) is 33.3. The highest BCUT2D eigenvalue weighted by molar-refractivity contribution is 6.00. The lowest BCUT2D eigenvalue weighted by Crippen LogP contribution is -2.30. The molecule has 0 amide bonds. The Morgan fingerprint density at radius 2 is 1.35 bits per heavy atom. The lowest BCUT2D eigenvalue weighted by Gasteiger charge is -2.27. The number of hydrogen-bond donors (Lipinski definition) is 0. The van der Waals surface area contributed by atoms with Gasteiger partial charge in [0.25, 0.3) is 0 Å². The Bertz CT molecular complexity index is 1230. The fraction of sp³-hybridized carbons (Fsp3) is 0.167. The van der Waals surface area contributed by atoms with Gasteiger partial charge in [0.05, 0.1) is 13.2 Å². The molecule has 4 aromatic carbocycles. The zero-order valence-corrected chi connectivity index (χ0v) is 19.2. The van der Waals surface area contributed by atoms with Gasteiger partial charge in [0.1, 0.15) is 18.1 Å². The number of nitrogens with zero attached hydrogens (tertiary/aromatic N) is 1. The van der Waals surface area contributed by atoms with Crippen molar-refractivity contribution in [2.45, 2.75) is 25.7 Å². The van der Waals surface area contributed by atoms with Gasteiger partial charge in [-0.2, -0.15) is 0 Å². The number of Topliss-reactive ketones (excluding diaryl/α,β-unsaturated/α-hetero) is 1. The summed E-state index contributed by atoms with van der Waals surface area (Å²) in [5, 5.41) is 0. The summed E-state index contributed by atoms with van der Waals surface area (Å²) in [6.07, 6.45) is 0. The van der Waals surface area contributed by atoms with E-state index in [1.807, 2.05) is 78.9 Å². The van der Waals surface area contributed by atoms with Crippen molar-refractivity contribution in [3.05, 3.63) is 131 Å². The van der Waals surface area contributed by atoms with Crippen LogP contribution in [0.5, 0.6) is 11.5 Å². The molecule has 0 aliphatic carbocycles. The molecule has 4 nitrogen and oxygen atoms in total. The fourth-order valence-corrected chi connectivity index (χ4v) is 4.47. The maximum atomic E-state index is 13.8. The van der Waals surface area contributed by atoms with Crippen LogP contribution in [0, 0.1) is 0 Å². The highest BCUT2D eigenvalue weighted by Crippen LogP contribution is 2.34. The molecule has 0 bridgehead atoms. The molecule has 0 saturated carbocycles. The number of benzene rings is 4. The largest absolute Gasteiger partial charge is 0.497 e. The van der Waals surface area contributed by atoms with Crippen LogP contribution in [-0.4, -0.2) is 17.8 Å². The van der Waals surface area contributed by atoms with Crippen LogP contribution < -0.4 is 9.47 Å². The number of ether oxygens (including phenoxy) is 2. The monoisotopic (exact) mass is 449 g/mol. The van der Waals surface area contributed by atoms with Crippen LogP contribution in [0.15, 0.2) is 103 Å². The van der Waals surface area contributed by atoms with Crippen molar-refractivity contribution in [3.63, 3.8) is 0 Å². The first-order valence-electron chi connectivity index (χ1n) is 11.5. The number of hydrogen-bond acceptors (Lipinski definition) is 4. The van der Waals surface area contributed by atoms with Gasteiger partial charge in [0.2, 0.25) is 0 Å². The van der Waals surface area contributed by atoms with Gasteiger partial charge in [-0.1, -0.05) is 66.7 Å². The molecule has 0 N–H and O–H groups in total. The molecule has 0 spiro atoms. The molecular formula is C30H27NO3. The first-order valence-corrected chi connectivity index (χ1v) is 11.5. The van der Waals surface area contributed by atoms with Gasteiger partial charge in [-0.05, 0) is 58.7 Å².